The van der Waals surface area contributed by atoms with Gasteiger partial charge in [-0.3, -0.25) is 9.59 Å². The number of primary amides is 1. The standard InChI is InChI=1S/C27H44N6O5S/c28-17-3-1-2-4-18(17)31-15-11-20(23(27(29)35)30-13-15)32-19-5-10-39-26(19)16-14-37-25-21(34)12-22(38-24(16)25)33-6-8-36-9-7-33/h12,15-20,23-26,30-32H,1-11,13-14,28H2,(H2,29,35)/p+1/t15?,16?,17-,18+,19?,20?,23?,24?,25?,26?/m1/s1. The van der Waals surface area contributed by atoms with Gasteiger partial charge in [-0.2, -0.15) is 11.8 Å². The number of morpholine rings is 1. The second-order valence-corrected chi connectivity index (χ2v) is 13.3. The van der Waals surface area contributed by atoms with Crippen molar-refractivity contribution in [3.8, 4) is 0 Å². The zero-order valence-corrected chi connectivity index (χ0v) is 23.5. The Morgan fingerprint density at radius 3 is 2.74 bits per heavy atom. The lowest BCUT2D eigenvalue weighted by molar-refractivity contribution is -0.431. The highest BCUT2D eigenvalue weighted by Gasteiger charge is 2.52. The van der Waals surface area contributed by atoms with E-state index in [4.69, 9.17) is 19.9 Å². The SMILES string of the molecule is NC(=O)C1NCC(N[C@H]2CCCC[C@H]2[NH3+])CC1NC1CCSC1C1COC2C(=O)C=C(N3CCOCC3)OC21. The van der Waals surface area contributed by atoms with E-state index in [1.807, 2.05) is 11.8 Å². The van der Waals surface area contributed by atoms with E-state index in [1.54, 1.807) is 6.08 Å². The number of quaternary nitrogens is 1. The summed E-state index contributed by atoms with van der Waals surface area (Å²) in [6.45, 7) is 3.94. The maximum Gasteiger partial charge on any atom is 0.236 e. The molecule has 0 radical (unpaired) electrons. The number of amides is 1. The first kappa shape index (κ1) is 27.7. The molecule has 0 aromatic carbocycles. The van der Waals surface area contributed by atoms with Crippen LogP contribution in [0.15, 0.2) is 12.0 Å². The number of nitrogens with two attached hydrogens (primary N) is 1. The van der Waals surface area contributed by atoms with E-state index in [-0.39, 0.29) is 47.1 Å². The first-order chi connectivity index (χ1) is 19.0. The lowest BCUT2D eigenvalue weighted by atomic mass is 9.87. The monoisotopic (exact) mass is 565 g/mol. The minimum atomic E-state index is -0.545. The zero-order chi connectivity index (χ0) is 26.9. The van der Waals surface area contributed by atoms with Gasteiger partial charge >= 0.3 is 0 Å². The van der Waals surface area contributed by atoms with Gasteiger partial charge in [0, 0.05) is 61.4 Å². The molecule has 39 heavy (non-hydrogen) atoms. The Bertz CT molecular complexity index is 934. The Morgan fingerprint density at radius 2 is 1.95 bits per heavy atom. The molecular formula is C27H45N6O5S+. The molecular weight excluding hydrogens is 520 g/mol. The van der Waals surface area contributed by atoms with E-state index in [2.05, 4.69) is 26.6 Å². The van der Waals surface area contributed by atoms with Gasteiger partial charge in [0.05, 0.1) is 31.9 Å². The molecule has 0 aromatic heterocycles. The average molecular weight is 566 g/mol. The summed E-state index contributed by atoms with van der Waals surface area (Å²) < 4.78 is 18.0. The minimum absolute atomic E-state index is 0.00614. The van der Waals surface area contributed by atoms with Crippen molar-refractivity contribution < 1.29 is 29.5 Å². The van der Waals surface area contributed by atoms with Crippen LogP contribution in [-0.4, -0.2) is 116 Å². The normalized spacial score (nSPS) is 43.1. The summed E-state index contributed by atoms with van der Waals surface area (Å²) in [5.74, 6) is 1.43. The van der Waals surface area contributed by atoms with Crippen LogP contribution in [0.3, 0.4) is 0 Å². The fourth-order valence-electron chi connectivity index (χ4n) is 7.37. The van der Waals surface area contributed by atoms with Gasteiger partial charge in [-0.15, -0.1) is 0 Å². The van der Waals surface area contributed by atoms with E-state index in [9.17, 15) is 9.59 Å². The molecule has 10 atom stereocenters. The van der Waals surface area contributed by atoms with E-state index in [0.717, 1.165) is 44.6 Å². The van der Waals surface area contributed by atoms with E-state index in [1.165, 1.54) is 19.3 Å². The number of piperidine rings is 1. The molecule has 12 heteroatoms. The number of thioether (sulfide) groups is 1. The third-order valence-corrected chi connectivity index (χ3v) is 11.0. The van der Waals surface area contributed by atoms with Crippen molar-refractivity contribution in [2.24, 2.45) is 11.7 Å². The van der Waals surface area contributed by atoms with Gasteiger partial charge in [-0.25, -0.2) is 0 Å². The molecule has 0 bridgehead atoms. The number of nitrogens with one attached hydrogen (secondary N) is 3. The van der Waals surface area contributed by atoms with Gasteiger partial charge in [-0.05, 0) is 31.4 Å². The molecule has 6 rings (SSSR count). The summed E-state index contributed by atoms with van der Waals surface area (Å²) in [6.07, 6.45) is 7.42. The van der Waals surface area contributed by atoms with Crippen LogP contribution in [0.2, 0.25) is 0 Å². The highest BCUT2D eigenvalue weighted by atomic mass is 32.2. The number of fused-ring (bicyclic) bond motifs is 1. The quantitative estimate of drug-likeness (QED) is 0.242. The van der Waals surface area contributed by atoms with Gasteiger partial charge < -0.3 is 46.5 Å². The third-order valence-electron chi connectivity index (χ3n) is 9.49. The number of hydrogen-bond acceptors (Lipinski definition) is 10. The van der Waals surface area contributed by atoms with Gasteiger partial charge in [0.2, 0.25) is 5.91 Å². The molecule has 4 saturated heterocycles. The van der Waals surface area contributed by atoms with Crippen molar-refractivity contribution in [1.82, 2.24) is 20.9 Å². The van der Waals surface area contributed by atoms with Crippen LogP contribution in [-0.2, 0) is 23.8 Å². The first-order valence-corrected chi connectivity index (χ1v) is 15.9. The van der Waals surface area contributed by atoms with Crippen LogP contribution in [0.25, 0.3) is 0 Å². The minimum Gasteiger partial charge on any atom is -0.472 e. The Morgan fingerprint density at radius 1 is 1.13 bits per heavy atom. The van der Waals surface area contributed by atoms with Crippen molar-refractivity contribution in [3.63, 3.8) is 0 Å². The molecule has 0 spiro atoms. The Hall–Kier alpha value is -1.41. The molecule has 8 N–H and O–H groups in total. The molecule has 218 valence electrons. The highest BCUT2D eigenvalue weighted by molar-refractivity contribution is 8.00. The summed E-state index contributed by atoms with van der Waals surface area (Å²) in [5, 5.41) is 11.4. The van der Waals surface area contributed by atoms with Crippen molar-refractivity contribution in [3.05, 3.63) is 12.0 Å². The van der Waals surface area contributed by atoms with Crippen molar-refractivity contribution in [1.29, 1.82) is 0 Å². The zero-order valence-electron chi connectivity index (χ0n) is 22.7. The molecule has 1 saturated carbocycles. The number of hydrogen-bond donors (Lipinski definition) is 5. The summed E-state index contributed by atoms with van der Waals surface area (Å²) in [7, 11) is 0. The Labute approximate surface area is 234 Å². The van der Waals surface area contributed by atoms with Gasteiger partial charge in [0.1, 0.15) is 12.1 Å². The molecule has 11 nitrogen and oxygen atoms in total. The molecule has 8 unspecified atom stereocenters. The van der Waals surface area contributed by atoms with Gasteiger partial charge in [0.25, 0.3) is 0 Å². The lowest BCUT2D eigenvalue weighted by Gasteiger charge is -2.41. The van der Waals surface area contributed by atoms with E-state index >= 15 is 0 Å². The molecule has 5 aliphatic heterocycles. The second-order valence-electron chi connectivity index (χ2n) is 12.0. The van der Waals surface area contributed by atoms with Crippen molar-refractivity contribution in [2.45, 2.75) is 92.2 Å². The van der Waals surface area contributed by atoms with Crippen LogP contribution in [0.1, 0.15) is 38.5 Å². The molecule has 1 aliphatic carbocycles. The maximum atomic E-state index is 13.0. The van der Waals surface area contributed by atoms with E-state index < -0.39 is 12.1 Å². The van der Waals surface area contributed by atoms with E-state index in [0.29, 0.717) is 37.8 Å². The number of ketones is 1. The Kier molecular flexibility index (Phi) is 8.69. The van der Waals surface area contributed by atoms with Crippen LogP contribution < -0.4 is 27.4 Å². The Balaban J connectivity index is 1.12. The van der Waals surface area contributed by atoms with Gasteiger partial charge in [0.15, 0.2) is 17.8 Å². The summed E-state index contributed by atoms with van der Waals surface area (Å²) in [6, 6.07) is 0.821. The van der Waals surface area contributed by atoms with Gasteiger partial charge in [-0.1, -0.05) is 6.42 Å². The molecule has 5 fully saturated rings. The number of carbonyl (C=O) groups excluding carboxylic acids is 2. The molecule has 6 aliphatic rings. The summed E-state index contributed by atoms with van der Waals surface area (Å²) >= 11 is 1.92. The predicted molar refractivity (Wildman–Crippen MR) is 147 cm³/mol. The predicted octanol–water partition coefficient (Wildman–Crippen LogP) is -1.67. The van der Waals surface area contributed by atoms with Crippen LogP contribution in [0, 0.1) is 5.92 Å². The van der Waals surface area contributed by atoms with Crippen LogP contribution >= 0.6 is 11.8 Å². The molecule has 1 amide bonds. The summed E-state index contributed by atoms with van der Waals surface area (Å²) in [4.78, 5) is 27.5. The first-order valence-electron chi connectivity index (χ1n) is 14.8. The average Bonchev–Trinajstić information content (AvgIpc) is 3.57. The highest BCUT2D eigenvalue weighted by Crippen LogP contribution is 2.42. The summed E-state index contributed by atoms with van der Waals surface area (Å²) in [5.41, 5.74) is 10.2. The maximum absolute atomic E-state index is 13.0. The number of ether oxygens (including phenoxy) is 3. The van der Waals surface area contributed by atoms with Crippen molar-refractivity contribution in [2.75, 3.05) is 45.2 Å². The largest absolute Gasteiger partial charge is 0.472 e. The van der Waals surface area contributed by atoms with Crippen LogP contribution in [0.4, 0.5) is 0 Å². The third kappa shape index (κ3) is 5.98. The smallest absolute Gasteiger partial charge is 0.236 e. The molecule has 5 heterocycles. The van der Waals surface area contributed by atoms with Crippen LogP contribution in [0.5, 0.6) is 0 Å². The fraction of sp³-hybridized carbons (Fsp3) is 0.852. The lowest BCUT2D eigenvalue weighted by Crippen LogP contribution is -2.72. The number of carbonyl (C=O) groups is 2. The second kappa shape index (κ2) is 12.2. The molecule has 0 aromatic rings. The number of nitrogens with zero attached hydrogens (tertiary/aromatic N) is 1. The number of rotatable bonds is 7. The fourth-order valence-corrected chi connectivity index (χ4v) is 8.96. The topological polar surface area (TPSA) is 155 Å². The van der Waals surface area contributed by atoms with Crippen molar-refractivity contribution >= 4 is 23.5 Å².